The number of nitrogens with zero attached hydrogens (tertiary/aromatic N) is 3. The molecule has 0 atom stereocenters. The molecule has 0 amide bonds. The number of hydrogen-bond donors (Lipinski definition) is 0. The summed E-state index contributed by atoms with van der Waals surface area (Å²) in [6.07, 6.45) is 12.7. The third-order valence-electron chi connectivity index (χ3n) is 3.67. The van der Waals surface area contributed by atoms with Crippen LogP contribution in [0, 0.1) is 11.3 Å². The van der Waals surface area contributed by atoms with Gasteiger partial charge in [0.1, 0.15) is 11.8 Å². The van der Waals surface area contributed by atoms with Gasteiger partial charge in [0.2, 0.25) is 0 Å². The zero-order chi connectivity index (χ0) is 11.7. The van der Waals surface area contributed by atoms with Crippen molar-refractivity contribution in [3.63, 3.8) is 0 Å². The molecule has 0 N–H and O–H groups in total. The van der Waals surface area contributed by atoms with Gasteiger partial charge < -0.3 is 4.40 Å². The second kappa shape index (κ2) is 4.21. The Labute approximate surface area is 101 Å². The first-order chi connectivity index (χ1) is 8.42. The first-order valence-corrected chi connectivity index (χ1v) is 6.27. The molecule has 1 aliphatic rings. The van der Waals surface area contributed by atoms with Gasteiger partial charge >= 0.3 is 0 Å². The number of rotatable bonds is 0. The highest BCUT2D eigenvalue weighted by molar-refractivity contribution is 5.63. The second-order valence-electron chi connectivity index (χ2n) is 4.66. The highest BCUT2D eigenvalue weighted by Crippen LogP contribution is 2.28. The first kappa shape index (κ1) is 10.3. The van der Waals surface area contributed by atoms with E-state index in [1.807, 2.05) is 16.8 Å². The van der Waals surface area contributed by atoms with Gasteiger partial charge in [-0.3, -0.25) is 4.98 Å². The van der Waals surface area contributed by atoms with Gasteiger partial charge in [-0.15, -0.1) is 0 Å². The van der Waals surface area contributed by atoms with Gasteiger partial charge in [-0.1, -0.05) is 12.8 Å². The summed E-state index contributed by atoms with van der Waals surface area (Å²) in [4.78, 5) is 4.19. The van der Waals surface area contributed by atoms with Crippen molar-refractivity contribution in [1.82, 2.24) is 9.38 Å². The smallest absolute Gasteiger partial charge is 0.128 e. The Morgan fingerprint density at radius 2 is 1.88 bits per heavy atom. The average Bonchev–Trinajstić information content (AvgIpc) is 2.61. The summed E-state index contributed by atoms with van der Waals surface area (Å²) in [6.45, 7) is 0. The number of aromatic nitrogens is 2. The van der Waals surface area contributed by atoms with Crippen LogP contribution < -0.4 is 0 Å². The van der Waals surface area contributed by atoms with Gasteiger partial charge in [-0.2, -0.15) is 5.26 Å². The molecule has 2 aromatic rings. The summed E-state index contributed by atoms with van der Waals surface area (Å²) in [5.41, 5.74) is 4.56. The van der Waals surface area contributed by atoms with E-state index in [4.69, 9.17) is 0 Å². The molecule has 86 valence electrons. The quantitative estimate of drug-likeness (QED) is 0.691. The fourth-order valence-electron chi connectivity index (χ4n) is 2.85. The summed E-state index contributed by atoms with van der Waals surface area (Å²) < 4.78 is 2.00. The molecule has 0 saturated carbocycles. The maximum absolute atomic E-state index is 9.35. The van der Waals surface area contributed by atoms with Crippen molar-refractivity contribution in [2.45, 2.75) is 38.5 Å². The van der Waals surface area contributed by atoms with Crippen LogP contribution >= 0.6 is 0 Å². The molecule has 17 heavy (non-hydrogen) atoms. The summed E-state index contributed by atoms with van der Waals surface area (Å²) in [7, 11) is 0. The number of aryl methyl sites for hydroxylation is 1. The van der Waals surface area contributed by atoms with Crippen LogP contribution in [0.2, 0.25) is 0 Å². The van der Waals surface area contributed by atoms with E-state index in [2.05, 4.69) is 11.1 Å². The summed E-state index contributed by atoms with van der Waals surface area (Å²) in [6, 6.07) is 2.36. The van der Waals surface area contributed by atoms with E-state index < -0.39 is 0 Å². The fourth-order valence-corrected chi connectivity index (χ4v) is 2.85. The zero-order valence-corrected chi connectivity index (χ0v) is 9.82. The van der Waals surface area contributed by atoms with Crippen LogP contribution in [-0.2, 0) is 12.8 Å². The number of nitriles is 1. The molecule has 0 spiro atoms. The minimum absolute atomic E-state index is 0.819. The molecular weight excluding hydrogens is 210 g/mol. The van der Waals surface area contributed by atoms with E-state index in [0.717, 1.165) is 24.1 Å². The molecule has 0 saturated heterocycles. The van der Waals surface area contributed by atoms with Crippen LogP contribution in [0.4, 0.5) is 0 Å². The normalized spacial score (nSPS) is 15.9. The zero-order valence-electron chi connectivity index (χ0n) is 9.82. The van der Waals surface area contributed by atoms with Gasteiger partial charge in [-0.25, -0.2) is 0 Å². The van der Waals surface area contributed by atoms with Crippen molar-refractivity contribution in [3.05, 3.63) is 35.4 Å². The molecule has 3 rings (SSSR count). The molecule has 0 aliphatic heterocycles. The monoisotopic (exact) mass is 225 g/mol. The van der Waals surface area contributed by atoms with Crippen LogP contribution in [0.5, 0.6) is 0 Å². The minimum Gasteiger partial charge on any atom is -0.305 e. The van der Waals surface area contributed by atoms with Crippen molar-refractivity contribution in [1.29, 1.82) is 5.26 Å². The molecule has 1 aliphatic carbocycles. The number of hydrogen-bond acceptors (Lipinski definition) is 2. The lowest BCUT2D eigenvalue weighted by Gasteiger charge is -2.09. The van der Waals surface area contributed by atoms with Gasteiger partial charge in [0.05, 0.1) is 11.7 Å². The largest absolute Gasteiger partial charge is 0.305 e. The minimum atomic E-state index is 0.819. The topological polar surface area (TPSA) is 41.1 Å². The van der Waals surface area contributed by atoms with Gasteiger partial charge in [-0.05, 0) is 36.8 Å². The van der Waals surface area contributed by atoms with E-state index in [-0.39, 0.29) is 0 Å². The Balaban J connectivity index is 2.29. The Bertz CT molecular complexity index is 589. The predicted molar refractivity (Wildman–Crippen MR) is 65.8 cm³/mol. The molecular formula is C14H15N3. The van der Waals surface area contributed by atoms with Crippen molar-refractivity contribution in [2.75, 3.05) is 0 Å². The number of fused-ring (bicyclic) bond motifs is 3. The molecule has 0 fully saturated rings. The molecule has 0 aromatic carbocycles. The highest BCUT2D eigenvalue weighted by Gasteiger charge is 2.18. The van der Waals surface area contributed by atoms with E-state index >= 15 is 0 Å². The van der Waals surface area contributed by atoms with Gasteiger partial charge in [0.25, 0.3) is 0 Å². The van der Waals surface area contributed by atoms with Gasteiger partial charge in [0.15, 0.2) is 0 Å². The predicted octanol–water partition coefficient (Wildman–Crippen LogP) is 2.86. The van der Waals surface area contributed by atoms with E-state index in [0.29, 0.717) is 0 Å². The van der Waals surface area contributed by atoms with Crippen LogP contribution in [0.15, 0.2) is 18.6 Å². The summed E-state index contributed by atoms with van der Waals surface area (Å²) >= 11 is 0. The Hall–Kier alpha value is -1.82. The summed E-state index contributed by atoms with van der Waals surface area (Å²) in [5.74, 6) is 0. The van der Waals surface area contributed by atoms with Gasteiger partial charge in [0, 0.05) is 12.4 Å². The maximum Gasteiger partial charge on any atom is 0.128 e. The lowest BCUT2D eigenvalue weighted by Crippen LogP contribution is -1.98. The van der Waals surface area contributed by atoms with Crippen molar-refractivity contribution in [2.24, 2.45) is 0 Å². The Kier molecular flexibility index (Phi) is 2.56. The van der Waals surface area contributed by atoms with E-state index in [1.54, 1.807) is 6.20 Å². The highest BCUT2D eigenvalue weighted by atomic mass is 14.9. The lowest BCUT2D eigenvalue weighted by molar-refractivity contribution is 0.620. The molecule has 0 radical (unpaired) electrons. The van der Waals surface area contributed by atoms with Crippen LogP contribution in [0.1, 0.15) is 42.5 Å². The van der Waals surface area contributed by atoms with Crippen molar-refractivity contribution < 1.29 is 0 Å². The molecule has 0 unspecified atom stereocenters. The first-order valence-electron chi connectivity index (χ1n) is 6.27. The van der Waals surface area contributed by atoms with Crippen molar-refractivity contribution >= 4 is 5.52 Å². The van der Waals surface area contributed by atoms with E-state index in [9.17, 15) is 5.26 Å². The van der Waals surface area contributed by atoms with E-state index in [1.165, 1.54) is 36.8 Å². The Morgan fingerprint density at radius 1 is 1.12 bits per heavy atom. The summed E-state index contributed by atoms with van der Waals surface area (Å²) in [5, 5.41) is 9.35. The molecule has 3 nitrogen and oxygen atoms in total. The van der Waals surface area contributed by atoms with Crippen LogP contribution in [0.25, 0.3) is 5.52 Å². The standard InChI is InChI=1S/C14H15N3/c15-9-13-11-5-3-1-2-4-6-12(11)14-10-16-7-8-17(13)14/h7-8,10H,1-6H2. The Morgan fingerprint density at radius 3 is 2.65 bits per heavy atom. The molecule has 3 heteroatoms. The van der Waals surface area contributed by atoms with Crippen molar-refractivity contribution in [3.8, 4) is 6.07 Å². The van der Waals surface area contributed by atoms with Crippen LogP contribution in [-0.4, -0.2) is 9.38 Å². The van der Waals surface area contributed by atoms with Crippen LogP contribution in [0.3, 0.4) is 0 Å². The SMILES string of the molecule is N#Cc1c2c(c3cnccn13)CCCCCC2. The molecule has 2 heterocycles. The molecule has 2 aromatic heterocycles. The second-order valence-corrected chi connectivity index (χ2v) is 4.66. The lowest BCUT2D eigenvalue weighted by atomic mass is 9.94. The average molecular weight is 225 g/mol. The third-order valence-corrected chi connectivity index (χ3v) is 3.67. The fraction of sp³-hybridized carbons (Fsp3) is 0.429. The maximum atomic E-state index is 9.35. The third kappa shape index (κ3) is 1.61. The molecule has 0 bridgehead atoms.